The molecule has 0 unspecified atom stereocenters. The van der Waals surface area contributed by atoms with Gasteiger partial charge in [0.25, 0.3) is 0 Å². The maximum Gasteiger partial charge on any atom is 0.159 e. The molecule has 0 aliphatic heterocycles. The maximum atomic E-state index is 12.9. The predicted octanol–water partition coefficient (Wildman–Crippen LogP) is 1.99. The topological polar surface area (TPSA) is 29.9 Å². The quantitative estimate of drug-likeness (QED) is 0.881. The molecule has 1 N–H and O–H groups in total. The molecule has 0 aliphatic rings. The average Bonchev–Trinajstić information content (AvgIpc) is 2.70. The lowest BCUT2D eigenvalue weighted by Crippen LogP contribution is -2.12. The van der Waals surface area contributed by atoms with Gasteiger partial charge in [-0.15, -0.1) is 0 Å². The number of hydrogen-bond acceptors (Lipinski definition) is 2. The van der Waals surface area contributed by atoms with Gasteiger partial charge < -0.3 is 5.32 Å². The average molecular weight is 237 g/mol. The molecule has 0 spiro atoms. The first-order chi connectivity index (χ1) is 8.15. The molecule has 0 fully saturated rings. The van der Waals surface area contributed by atoms with Crippen LogP contribution in [0.15, 0.2) is 30.6 Å². The van der Waals surface area contributed by atoms with Crippen LogP contribution in [0.3, 0.4) is 0 Å². The molecule has 0 bridgehead atoms. The van der Waals surface area contributed by atoms with Crippen LogP contribution in [-0.2, 0) is 20.1 Å². The summed E-state index contributed by atoms with van der Waals surface area (Å²) in [7, 11) is 1.85. The molecule has 0 saturated heterocycles. The van der Waals surface area contributed by atoms with Gasteiger partial charge in [-0.3, -0.25) is 4.68 Å². The van der Waals surface area contributed by atoms with Crippen LogP contribution in [0.1, 0.15) is 11.1 Å². The van der Waals surface area contributed by atoms with Crippen molar-refractivity contribution in [2.75, 3.05) is 0 Å². The molecule has 0 amide bonds. The zero-order chi connectivity index (χ0) is 12.3. The zero-order valence-electron chi connectivity index (χ0n) is 9.45. The Morgan fingerprint density at radius 2 is 1.94 bits per heavy atom. The Balaban J connectivity index is 1.87. The van der Waals surface area contributed by atoms with Gasteiger partial charge in [-0.1, -0.05) is 6.07 Å². The molecular weight excluding hydrogens is 224 g/mol. The van der Waals surface area contributed by atoms with Crippen LogP contribution in [0, 0.1) is 11.6 Å². The van der Waals surface area contributed by atoms with E-state index in [1.807, 2.05) is 13.2 Å². The summed E-state index contributed by atoms with van der Waals surface area (Å²) in [5, 5.41) is 7.17. The van der Waals surface area contributed by atoms with Crippen LogP contribution in [0.4, 0.5) is 8.78 Å². The van der Waals surface area contributed by atoms with E-state index in [9.17, 15) is 8.78 Å². The molecule has 1 heterocycles. The molecule has 5 heteroatoms. The fourth-order valence-corrected chi connectivity index (χ4v) is 1.56. The van der Waals surface area contributed by atoms with E-state index in [0.29, 0.717) is 18.7 Å². The van der Waals surface area contributed by atoms with Gasteiger partial charge in [0.05, 0.1) is 6.20 Å². The summed E-state index contributed by atoms with van der Waals surface area (Å²) in [4.78, 5) is 0. The predicted molar refractivity (Wildman–Crippen MR) is 60.1 cm³/mol. The second kappa shape index (κ2) is 5.05. The highest BCUT2D eigenvalue weighted by Gasteiger charge is 2.02. The Bertz CT molecular complexity index is 508. The van der Waals surface area contributed by atoms with Crippen LogP contribution < -0.4 is 5.32 Å². The minimum absolute atomic E-state index is 0.492. The van der Waals surface area contributed by atoms with Gasteiger partial charge in [-0.25, -0.2) is 8.78 Å². The van der Waals surface area contributed by atoms with Crippen molar-refractivity contribution in [3.8, 4) is 0 Å². The third-order valence-electron chi connectivity index (χ3n) is 2.40. The second-order valence-corrected chi connectivity index (χ2v) is 3.87. The molecule has 2 rings (SSSR count). The van der Waals surface area contributed by atoms with Crippen molar-refractivity contribution in [3.05, 3.63) is 53.4 Å². The summed E-state index contributed by atoms with van der Waals surface area (Å²) < 4.78 is 27.3. The van der Waals surface area contributed by atoms with Gasteiger partial charge >= 0.3 is 0 Å². The number of aryl methyl sites for hydroxylation is 1. The molecule has 1 aromatic heterocycles. The van der Waals surface area contributed by atoms with Crippen molar-refractivity contribution in [3.63, 3.8) is 0 Å². The van der Waals surface area contributed by atoms with Crippen molar-refractivity contribution in [2.45, 2.75) is 13.1 Å². The van der Waals surface area contributed by atoms with E-state index in [-0.39, 0.29) is 0 Å². The van der Waals surface area contributed by atoms with Crippen molar-refractivity contribution < 1.29 is 8.78 Å². The molecule has 0 saturated carbocycles. The van der Waals surface area contributed by atoms with Gasteiger partial charge in [0.2, 0.25) is 0 Å². The molecule has 90 valence electrons. The summed E-state index contributed by atoms with van der Waals surface area (Å²) in [6.07, 6.45) is 3.66. The Morgan fingerprint density at radius 3 is 2.59 bits per heavy atom. The van der Waals surface area contributed by atoms with Crippen LogP contribution in [-0.4, -0.2) is 9.78 Å². The fourth-order valence-electron chi connectivity index (χ4n) is 1.56. The highest BCUT2D eigenvalue weighted by molar-refractivity contribution is 5.17. The van der Waals surface area contributed by atoms with E-state index in [4.69, 9.17) is 0 Å². The molecule has 0 atom stereocenters. The zero-order valence-corrected chi connectivity index (χ0v) is 9.45. The third kappa shape index (κ3) is 3.10. The van der Waals surface area contributed by atoms with E-state index in [1.165, 1.54) is 6.07 Å². The number of halogens is 2. The monoisotopic (exact) mass is 237 g/mol. The van der Waals surface area contributed by atoms with Crippen LogP contribution >= 0.6 is 0 Å². The molecular formula is C12H13F2N3. The van der Waals surface area contributed by atoms with E-state index >= 15 is 0 Å². The molecule has 1 aromatic carbocycles. The summed E-state index contributed by atoms with van der Waals surface area (Å²) in [5.41, 5.74) is 1.77. The fraction of sp³-hybridized carbons (Fsp3) is 0.250. The highest BCUT2D eigenvalue weighted by atomic mass is 19.2. The lowest BCUT2D eigenvalue weighted by Gasteiger charge is -2.03. The summed E-state index contributed by atoms with van der Waals surface area (Å²) in [6.45, 7) is 1.14. The third-order valence-corrected chi connectivity index (χ3v) is 2.40. The Labute approximate surface area is 98.1 Å². The molecule has 2 aromatic rings. The van der Waals surface area contributed by atoms with Crippen LogP contribution in [0.2, 0.25) is 0 Å². The van der Waals surface area contributed by atoms with E-state index in [1.54, 1.807) is 16.9 Å². The minimum Gasteiger partial charge on any atom is -0.309 e. The number of nitrogens with one attached hydrogen (secondary N) is 1. The first kappa shape index (κ1) is 11.7. The normalized spacial score (nSPS) is 10.8. The van der Waals surface area contributed by atoms with Gasteiger partial charge in [-0.05, 0) is 17.7 Å². The van der Waals surface area contributed by atoms with Gasteiger partial charge in [0.1, 0.15) is 0 Å². The lowest BCUT2D eigenvalue weighted by molar-refractivity contribution is 0.506. The van der Waals surface area contributed by atoms with Gasteiger partial charge in [-0.2, -0.15) is 5.10 Å². The number of benzene rings is 1. The summed E-state index contributed by atoms with van der Waals surface area (Å²) in [6, 6.07) is 3.90. The summed E-state index contributed by atoms with van der Waals surface area (Å²) >= 11 is 0. The largest absolute Gasteiger partial charge is 0.309 e. The van der Waals surface area contributed by atoms with Crippen molar-refractivity contribution in [1.29, 1.82) is 0 Å². The van der Waals surface area contributed by atoms with E-state index < -0.39 is 11.6 Å². The standard InChI is InChI=1S/C12H13F2N3/c1-17-8-10(7-16-17)6-15-5-9-2-3-11(13)12(14)4-9/h2-4,7-8,15H,5-6H2,1H3. The van der Waals surface area contributed by atoms with Gasteiger partial charge in [0, 0.05) is 31.9 Å². The van der Waals surface area contributed by atoms with E-state index in [0.717, 1.165) is 11.6 Å². The number of rotatable bonds is 4. The minimum atomic E-state index is -0.819. The smallest absolute Gasteiger partial charge is 0.159 e. The van der Waals surface area contributed by atoms with Crippen LogP contribution in [0.25, 0.3) is 0 Å². The SMILES string of the molecule is Cn1cc(CNCc2ccc(F)c(F)c2)cn1. The molecule has 0 radical (unpaired) electrons. The molecule has 17 heavy (non-hydrogen) atoms. The number of hydrogen-bond donors (Lipinski definition) is 1. The Hall–Kier alpha value is -1.75. The van der Waals surface area contributed by atoms with E-state index in [2.05, 4.69) is 10.4 Å². The van der Waals surface area contributed by atoms with Crippen LogP contribution in [0.5, 0.6) is 0 Å². The second-order valence-electron chi connectivity index (χ2n) is 3.87. The van der Waals surface area contributed by atoms with Gasteiger partial charge in [0.15, 0.2) is 11.6 Å². The first-order valence-electron chi connectivity index (χ1n) is 5.27. The maximum absolute atomic E-state index is 12.9. The first-order valence-corrected chi connectivity index (χ1v) is 5.27. The number of nitrogens with zero attached hydrogens (tertiary/aromatic N) is 2. The van der Waals surface area contributed by atoms with Crippen molar-refractivity contribution >= 4 is 0 Å². The summed E-state index contributed by atoms with van der Waals surface area (Å²) in [5.74, 6) is -1.63. The number of aromatic nitrogens is 2. The highest BCUT2D eigenvalue weighted by Crippen LogP contribution is 2.08. The van der Waals surface area contributed by atoms with Crippen molar-refractivity contribution in [2.24, 2.45) is 7.05 Å². The molecule has 0 aliphatic carbocycles. The Kier molecular flexibility index (Phi) is 3.49. The van der Waals surface area contributed by atoms with Crippen molar-refractivity contribution in [1.82, 2.24) is 15.1 Å². The lowest BCUT2D eigenvalue weighted by atomic mass is 10.2. The Morgan fingerprint density at radius 1 is 1.18 bits per heavy atom. The molecule has 3 nitrogen and oxygen atoms in total.